The smallest absolute Gasteiger partial charge is 0.329 e. The predicted octanol–water partition coefficient (Wildman–Crippen LogP) is 2.43. The van der Waals surface area contributed by atoms with Crippen molar-refractivity contribution < 1.29 is 19.1 Å². The predicted molar refractivity (Wildman–Crippen MR) is 74.6 cm³/mol. The van der Waals surface area contributed by atoms with E-state index in [-0.39, 0.29) is 5.69 Å². The van der Waals surface area contributed by atoms with Crippen LogP contribution in [0, 0.1) is 5.82 Å². The molecule has 0 aliphatic heterocycles. The number of carboxylic acids is 1. The fourth-order valence-corrected chi connectivity index (χ4v) is 2.90. The number of amides is 1. The highest BCUT2D eigenvalue weighted by Gasteiger charge is 2.42. The first kappa shape index (κ1) is 13.6. The fraction of sp³-hybridized carbons (Fsp3) is 0.333. The Kier molecular flexibility index (Phi) is 3.16. The Morgan fingerprint density at radius 2 is 2.00 bits per heavy atom. The Bertz CT molecular complexity index is 717. The monoisotopic (exact) mass is 290 g/mol. The van der Waals surface area contributed by atoms with Crippen LogP contribution in [0.4, 0.5) is 4.39 Å². The molecule has 5 nitrogen and oxygen atoms in total. The summed E-state index contributed by atoms with van der Waals surface area (Å²) in [4.78, 5) is 26.5. The summed E-state index contributed by atoms with van der Waals surface area (Å²) in [6, 6.07) is 5.93. The van der Waals surface area contributed by atoms with Gasteiger partial charge in [-0.05, 0) is 31.0 Å². The van der Waals surface area contributed by atoms with Gasteiger partial charge in [0.2, 0.25) is 0 Å². The van der Waals surface area contributed by atoms with Gasteiger partial charge in [0.05, 0.1) is 0 Å². The second-order valence-corrected chi connectivity index (χ2v) is 5.43. The number of benzene rings is 1. The quantitative estimate of drug-likeness (QED) is 0.812. The van der Waals surface area contributed by atoms with Gasteiger partial charge < -0.3 is 15.4 Å². The van der Waals surface area contributed by atoms with Gasteiger partial charge in [0.15, 0.2) is 0 Å². The first-order valence-corrected chi connectivity index (χ1v) is 6.85. The minimum absolute atomic E-state index is 0.169. The summed E-state index contributed by atoms with van der Waals surface area (Å²) in [5, 5.41) is 12.3. The van der Waals surface area contributed by atoms with Crippen LogP contribution < -0.4 is 5.32 Å². The molecule has 6 heteroatoms. The molecule has 0 bridgehead atoms. The number of H-pyrrole nitrogens is 1. The molecular weight excluding hydrogens is 275 g/mol. The summed E-state index contributed by atoms with van der Waals surface area (Å²) in [5.74, 6) is -1.96. The highest BCUT2D eigenvalue weighted by molar-refractivity contribution is 6.00. The van der Waals surface area contributed by atoms with Crippen molar-refractivity contribution in [2.24, 2.45) is 0 Å². The van der Waals surface area contributed by atoms with Crippen LogP contribution in [0.5, 0.6) is 0 Å². The van der Waals surface area contributed by atoms with Gasteiger partial charge in [-0.2, -0.15) is 0 Å². The van der Waals surface area contributed by atoms with Crippen LogP contribution >= 0.6 is 0 Å². The maximum atomic E-state index is 13.6. The molecule has 1 saturated carbocycles. The van der Waals surface area contributed by atoms with Crippen molar-refractivity contribution in [2.75, 3.05) is 0 Å². The van der Waals surface area contributed by atoms with E-state index >= 15 is 0 Å². The molecule has 3 N–H and O–H groups in total. The number of carboxylic acid groups (broad SMARTS) is 1. The zero-order valence-corrected chi connectivity index (χ0v) is 11.3. The normalized spacial score (nSPS) is 17.0. The Morgan fingerprint density at radius 3 is 2.62 bits per heavy atom. The second-order valence-electron chi connectivity index (χ2n) is 5.43. The molecule has 21 heavy (non-hydrogen) atoms. The number of carbonyl (C=O) groups is 2. The summed E-state index contributed by atoms with van der Waals surface area (Å²) < 4.78 is 13.6. The summed E-state index contributed by atoms with van der Waals surface area (Å²) in [6.07, 6.45) is 2.38. The number of aromatic amines is 1. The molecule has 2 aromatic rings. The molecule has 1 amide bonds. The van der Waals surface area contributed by atoms with E-state index in [0.717, 1.165) is 12.8 Å². The molecule has 1 heterocycles. The molecule has 1 aliphatic carbocycles. The van der Waals surface area contributed by atoms with Crippen LogP contribution in [0.25, 0.3) is 10.9 Å². The first-order valence-electron chi connectivity index (χ1n) is 6.85. The molecule has 0 spiro atoms. The number of aromatic nitrogens is 1. The second kappa shape index (κ2) is 4.87. The van der Waals surface area contributed by atoms with Gasteiger partial charge in [0, 0.05) is 10.9 Å². The summed E-state index contributed by atoms with van der Waals surface area (Å²) in [5.41, 5.74) is -0.522. The Balaban J connectivity index is 1.90. The lowest BCUT2D eigenvalue weighted by molar-refractivity contribution is -0.144. The summed E-state index contributed by atoms with van der Waals surface area (Å²) >= 11 is 0. The molecule has 0 atom stereocenters. The number of nitrogens with one attached hydrogen (secondary N) is 2. The Morgan fingerprint density at radius 1 is 1.29 bits per heavy atom. The zero-order valence-electron chi connectivity index (χ0n) is 11.3. The van der Waals surface area contributed by atoms with Gasteiger partial charge in [0.25, 0.3) is 5.91 Å². The largest absolute Gasteiger partial charge is 0.480 e. The van der Waals surface area contributed by atoms with Crippen LogP contribution in [0.1, 0.15) is 36.2 Å². The van der Waals surface area contributed by atoms with E-state index in [1.54, 1.807) is 12.1 Å². The molecule has 1 aliphatic rings. The summed E-state index contributed by atoms with van der Waals surface area (Å²) in [7, 11) is 0. The average molecular weight is 290 g/mol. The third kappa shape index (κ3) is 2.26. The number of carbonyl (C=O) groups excluding carboxylic acids is 1. The minimum atomic E-state index is -1.20. The minimum Gasteiger partial charge on any atom is -0.480 e. The molecule has 110 valence electrons. The van der Waals surface area contributed by atoms with Crippen molar-refractivity contribution in [1.29, 1.82) is 0 Å². The van der Waals surface area contributed by atoms with E-state index in [1.165, 1.54) is 12.1 Å². The fourth-order valence-electron chi connectivity index (χ4n) is 2.90. The standard InChI is InChI=1S/C15H15FN2O3/c16-10-4-3-5-11-9(10)8-12(17-11)13(19)18-15(14(20)21)6-1-2-7-15/h3-5,8,17H,1-2,6-7H2,(H,18,19)(H,20,21). The lowest BCUT2D eigenvalue weighted by Crippen LogP contribution is -2.52. The highest BCUT2D eigenvalue weighted by Crippen LogP contribution is 2.30. The molecule has 1 aromatic carbocycles. The zero-order chi connectivity index (χ0) is 15.0. The van der Waals surface area contributed by atoms with Gasteiger partial charge in [-0.25, -0.2) is 9.18 Å². The lowest BCUT2D eigenvalue weighted by Gasteiger charge is -2.24. The topological polar surface area (TPSA) is 82.2 Å². The lowest BCUT2D eigenvalue weighted by atomic mass is 9.97. The van der Waals surface area contributed by atoms with Gasteiger partial charge in [-0.3, -0.25) is 4.79 Å². The van der Waals surface area contributed by atoms with Crippen LogP contribution in [0.15, 0.2) is 24.3 Å². The van der Waals surface area contributed by atoms with Crippen molar-refractivity contribution in [3.63, 3.8) is 0 Å². The molecular formula is C15H15FN2O3. The van der Waals surface area contributed by atoms with Crippen molar-refractivity contribution in [3.8, 4) is 0 Å². The Hall–Kier alpha value is -2.37. The van der Waals surface area contributed by atoms with E-state index in [2.05, 4.69) is 10.3 Å². The number of hydrogen-bond donors (Lipinski definition) is 3. The van der Waals surface area contributed by atoms with Crippen LogP contribution in [-0.4, -0.2) is 27.5 Å². The first-order chi connectivity index (χ1) is 10.0. The van der Waals surface area contributed by atoms with Crippen molar-refractivity contribution in [1.82, 2.24) is 10.3 Å². The van der Waals surface area contributed by atoms with Crippen molar-refractivity contribution in [2.45, 2.75) is 31.2 Å². The van der Waals surface area contributed by atoms with E-state index in [9.17, 15) is 19.1 Å². The van der Waals surface area contributed by atoms with Crippen molar-refractivity contribution in [3.05, 3.63) is 35.8 Å². The van der Waals surface area contributed by atoms with E-state index in [0.29, 0.717) is 23.7 Å². The summed E-state index contributed by atoms with van der Waals surface area (Å²) in [6.45, 7) is 0. The van der Waals surface area contributed by atoms with Gasteiger partial charge in [-0.15, -0.1) is 0 Å². The third-order valence-corrected chi connectivity index (χ3v) is 4.07. The van der Waals surface area contributed by atoms with Crippen LogP contribution in [-0.2, 0) is 4.79 Å². The van der Waals surface area contributed by atoms with Gasteiger partial charge >= 0.3 is 5.97 Å². The van der Waals surface area contributed by atoms with Gasteiger partial charge in [-0.1, -0.05) is 18.9 Å². The van der Waals surface area contributed by atoms with E-state index < -0.39 is 23.2 Å². The van der Waals surface area contributed by atoms with E-state index in [1.807, 2.05) is 0 Å². The molecule has 0 unspecified atom stereocenters. The maximum absolute atomic E-state index is 13.6. The number of hydrogen-bond acceptors (Lipinski definition) is 2. The number of halogens is 1. The average Bonchev–Trinajstić information content (AvgIpc) is 3.06. The van der Waals surface area contributed by atoms with Crippen LogP contribution in [0.2, 0.25) is 0 Å². The molecule has 1 fully saturated rings. The Labute approximate surface area is 120 Å². The molecule has 0 saturated heterocycles. The third-order valence-electron chi connectivity index (χ3n) is 4.07. The highest BCUT2D eigenvalue weighted by atomic mass is 19.1. The molecule has 1 aromatic heterocycles. The SMILES string of the molecule is O=C(NC1(C(=O)O)CCCC1)c1cc2c(F)cccc2[nH]1. The molecule has 0 radical (unpaired) electrons. The maximum Gasteiger partial charge on any atom is 0.329 e. The number of rotatable bonds is 3. The van der Waals surface area contributed by atoms with Gasteiger partial charge in [0.1, 0.15) is 17.1 Å². The molecule has 3 rings (SSSR count). The number of fused-ring (bicyclic) bond motifs is 1. The van der Waals surface area contributed by atoms with E-state index in [4.69, 9.17) is 0 Å². The van der Waals surface area contributed by atoms with Crippen molar-refractivity contribution >= 4 is 22.8 Å². The van der Waals surface area contributed by atoms with Crippen LogP contribution in [0.3, 0.4) is 0 Å². The number of aliphatic carboxylic acids is 1.